The van der Waals surface area contributed by atoms with E-state index >= 15 is 0 Å². The van der Waals surface area contributed by atoms with Crippen molar-refractivity contribution in [2.45, 2.75) is 6.92 Å². The molecule has 0 aromatic heterocycles. The van der Waals surface area contributed by atoms with Gasteiger partial charge in [-0.15, -0.1) is 0 Å². The van der Waals surface area contributed by atoms with Crippen molar-refractivity contribution in [2.75, 3.05) is 40.4 Å². The Morgan fingerprint density at radius 1 is 1.09 bits per heavy atom. The fourth-order valence-corrected chi connectivity index (χ4v) is 2.13. The predicted molar refractivity (Wildman–Crippen MR) is 86.7 cm³/mol. The van der Waals surface area contributed by atoms with Crippen molar-refractivity contribution >= 4 is 16.1 Å². The molecular formula is C14H23N3O5S. The van der Waals surface area contributed by atoms with Gasteiger partial charge in [-0.05, 0) is 31.2 Å². The van der Waals surface area contributed by atoms with Crippen LogP contribution >= 0.6 is 0 Å². The van der Waals surface area contributed by atoms with E-state index in [1.807, 2.05) is 6.92 Å². The van der Waals surface area contributed by atoms with Crippen LogP contribution in [-0.2, 0) is 15.0 Å². The molecule has 0 unspecified atom stereocenters. The quantitative estimate of drug-likeness (QED) is 0.581. The van der Waals surface area contributed by atoms with Crippen LogP contribution in [0.4, 0.5) is 0 Å². The Morgan fingerprint density at radius 2 is 1.65 bits per heavy atom. The van der Waals surface area contributed by atoms with Gasteiger partial charge < -0.3 is 14.8 Å². The van der Waals surface area contributed by atoms with E-state index in [-0.39, 0.29) is 25.6 Å². The molecule has 0 aliphatic carbocycles. The van der Waals surface area contributed by atoms with Gasteiger partial charge in [0.2, 0.25) is 0 Å². The topological polar surface area (TPSA) is 97.0 Å². The maximum absolute atomic E-state index is 11.6. The predicted octanol–water partition coefficient (Wildman–Crippen LogP) is -0.0237. The van der Waals surface area contributed by atoms with Gasteiger partial charge in [0, 0.05) is 27.2 Å². The van der Waals surface area contributed by atoms with Gasteiger partial charge >= 0.3 is 0 Å². The number of hydrogen-bond acceptors (Lipinski definition) is 5. The lowest BCUT2D eigenvalue weighted by Gasteiger charge is -2.12. The third kappa shape index (κ3) is 7.31. The van der Waals surface area contributed by atoms with Crippen molar-refractivity contribution in [3.63, 3.8) is 0 Å². The molecule has 1 rings (SSSR count). The van der Waals surface area contributed by atoms with E-state index in [9.17, 15) is 13.2 Å². The van der Waals surface area contributed by atoms with Crippen molar-refractivity contribution in [1.29, 1.82) is 0 Å². The Balaban J connectivity index is 2.24. The van der Waals surface area contributed by atoms with Crippen molar-refractivity contribution < 1.29 is 22.7 Å². The average molecular weight is 345 g/mol. The second-order valence-corrected chi connectivity index (χ2v) is 6.69. The summed E-state index contributed by atoms with van der Waals surface area (Å²) in [6.45, 7) is 2.62. The van der Waals surface area contributed by atoms with Crippen LogP contribution in [0.1, 0.15) is 6.92 Å². The fourth-order valence-electron chi connectivity index (χ4n) is 1.51. The van der Waals surface area contributed by atoms with E-state index < -0.39 is 10.2 Å². The summed E-state index contributed by atoms with van der Waals surface area (Å²) >= 11 is 0. The molecule has 1 aromatic rings. The van der Waals surface area contributed by atoms with Gasteiger partial charge in [0.15, 0.2) is 6.61 Å². The van der Waals surface area contributed by atoms with Crippen molar-refractivity contribution in [3.8, 4) is 11.5 Å². The average Bonchev–Trinajstić information content (AvgIpc) is 2.51. The first-order chi connectivity index (χ1) is 10.8. The molecular weight excluding hydrogens is 322 g/mol. The number of carbonyl (C=O) groups is 1. The van der Waals surface area contributed by atoms with Crippen LogP contribution in [0.25, 0.3) is 0 Å². The van der Waals surface area contributed by atoms with Crippen LogP contribution < -0.4 is 19.5 Å². The number of hydrogen-bond donors (Lipinski definition) is 2. The Hall–Kier alpha value is -1.84. The third-order valence-electron chi connectivity index (χ3n) is 2.72. The first-order valence-electron chi connectivity index (χ1n) is 7.14. The highest BCUT2D eigenvalue weighted by molar-refractivity contribution is 7.87. The van der Waals surface area contributed by atoms with E-state index in [2.05, 4.69) is 10.0 Å². The van der Waals surface area contributed by atoms with E-state index in [4.69, 9.17) is 9.47 Å². The molecule has 0 bridgehead atoms. The highest BCUT2D eigenvalue weighted by Crippen LogP contribution is 2.17. The number of rotatable bonds is 10. The lowest BCUT2D eigenvalue weighted by molar-refractivity contribution is -0.123. The number of benzene rings is 1. The number of ether oxygens (including phenoxy) is 2. The highest BCUT2D eigenvalue weighted by atomic mass is 32.2. The molecule has 0 fully saturated rings. The summed E-state index contributed by atoms with van der Waals surface area (Å²) in [5.41, 5.74) is 0. The second kappa shape index (κ2) is 9.33. The molecule has 0 heterocycles. The maximum atomic E-state index is 11.6. The Kier molecular flexibility index (Phi) is 7.79. The monoisotopic (exact) mass is 345 g/mol. The van der Waals surface area contributed by atoms with Crippen LogP contribution in [-0.4, -0.2) is 59.0 Å². The van der Waals surface area contributed by atoms with Gasteiger partial charge in [0.1, 0.15) is 11.5 Å². The maximum Gasteiger partial charge on any atom is 0.278 e. The normalized spacial score (nSPS) is 11.3. The Morgan fingerprint density at radius 3 is 2.17 bits per heavy atom. The molecule has 0 spiro atoms. The molecule has 2 N–H and O–H groups in total. The van der Waals surface area contributed by atoms with E-state index in [0.29, 0.717) is 12.4 Å². The van der Waals surface area contributed by atoms with Gasteiger partial charge in [-0.25, -0.2) is 4.72 Å². The zero-order valence-electron chi connectivity index (χ0n) is 13.5. The molecule has 0 aliphatic rings. The first kappa shape index (κ1) is 19.2. The van der Waals surface area contributed by atoms with Gasteiger partial charge in [0.25, 0.3) is 16.1 Å². The van der Waals surface area contributed by atoms with E-state index in [0.717, 1.165) is 10.1 Å². The first-order valence-corrected chi connectivity index (χ1v) is 8.58. The number of nitrogens with one attached hydrogen (secondary N) is 2. The summed E-state index contributed by atoms with van der Waals surface area (Å²) in [4.78, 5) is 11.6. The molecule has 0 radical (unpaired) electrons. The summed E-state index contributed by atoms with van der Waals surface area (Å²) in [7, 11) is -0.627. The SMILES string of the molecule is CCOc1ccc(OCC(=O)NCCNS(=O)(=O)N(C)C)cc1. The van der Waals surface area contributed by atoms with Crippen LogP contribution in [0.2, 0.25) is 0 Å². The largest absolute Gasteiger partial charge is 0.494 e. The lowest BCUT2D eigenvalue weighted by Crippen LogP contribution is -2.41. The zero-order chi connectivity index (χ0) is 17.3. The van der Waals surface area contributed by atoms with Crippen LogP contribution in [0.3, 0.4) is 0 Å². The van der Waals surface area contributed by atoms with Gasteiger partial charge in [0.05, 0.1) is 6.61 Å². The molecule has 1 aromatic carbocycles. The fraction of sp³-hybridized carbons (Fsp3) is 0.500. The molecule has 0 saturated carbocycles. The zero-order valence-corrected chi connectivity index (χ0v) is 14.4. The van der Waals surface area contributed by atoms with Gasteiger partial charge in [-0.2, -0.15) is 12.7 Å². The summed E-state index contributed by atoms with van der Waals surface area (Å²) < 4.78 is 36.9. The Bertz CT molecular complexity index is 587. The standard InChI is InChI=1S/C14H23N3O5S/c1-4-21-12-5-7-13(8-6-12)22-11-14(18)15-9-10-16-23(19,20)17(2)3/h5-8,16H,4,9-11H2,1-3H3,(H,15,18). The highest BCUT2D eigenvalue weighted by Gasteiger charge is 2.11. The van der Waals surface area contributed by atoms with E-state index in [1.165, 1.54) is 14.1 Å². The minimum Gasteiger partial charge on any atom is -0.494 e. The van der Waals surface area contributed by atoms with Crippen LogP contribution in [0.15, 0.2) is 24.3 Å². The van der Waals surface area contributed by atoms with Gasteiger partial charge in [-0.3, -0.25) is 4.79 Å². The summed E-state index contributed by atoms with van der Waals surface area (Å²) in [5.74, 6) is 0.956. The van der Waals surface area contributed by atoms with Crippen LogP contribution in [0, 0.1) is 0 Å². The molecule has 1 amide bonds. The molecule has 130 valence electrons. The van der Waals surface area contributed by atoms with Crippen molar-refractivity contribution in [1.82, 2.24) is 14.3 Å². The van der Waals surface area contributed by atoms with Crippen LogP contribution in [0.5, 0.6) is 11.5 Å². The molecule has 0 aliphatic heterocycles. The number of carbonyl (C=O) groups excluding carboxylic acids is 1. The molecule has 8 nitrogen and oxygen atoms in total. The summed E-state index contributed by atoms with van der Waals surface area (Å²) in [5, 5.41) is 2.56. The lowest BCUT2D eigenvalue weighted by atomic mass is 10.3. The minimum atomic E-state index is -3.47. The molecule has 0 atom stereocenters. The third-order valence-corrected chi connectivity index (χ3v) is 4.25. The van der Waals surface area contributed by atoms with Crippen molar-refractivity contribution in [2.24, 2.45) is 0 Å². The molecule has 9 heteroatoms. The van der Waals surface area contributed by atoms with E-state index in [1.54, 1.807) is 24.3 Å². The molecule has 23 heavy (non-hydrogen) atoms. The second-order valence-electron chi connectivity index (χ2n) is 4.72. The summed E-state index contributed by atoms with van der Waals surface area (Å²) in [6, 6.07) is 6.94. The van der Waals surface area contributed by atoms with Gasteiger partial charge in [-0.1, -0.05) is 0 Å². The summed E-state index contributed by atoms with van der Waals surface area (Å²) in [6.07, 6.45) is 0. The number of amides is 1. The minimum absolute atomic E-state index is 0.106. The smallest absolute Gasteiger partial charge is 0.278 e. The van der Waals surface area contributed by atoms with Crippen molar-refractivity contribution in [3.05, 3.63) is 24.3 Å². The molecule has 0 saturated heterocycles. The Labute approximate surface area is 136 Å². The number of nitrogens with zero attached hydrogens (tertiary/aromatic N) is 1.